The van der Waals surface area contributed by atoms with E-state index in [1.54, 1.807) is 6.07 Å². The molecule has 3 rings (SSSR count). The van der Waals surface area contributed by atoms with E-state index in [0.717, 1.165) is 24.1 Å². The lowest BCUT2D eigenvalue weighted by Gasteiger charge is -2.14. The SMILES string of the molecule is CCOc1cc2c(cc1CNC(=O)c1cccc(S(=O)(=O)NCC(F)(F)F)c1)OC(C)C2. The molecule has 0 radical (unpaired) electrons. The van der Waals surface area contributed by atoms with Crippen LogP contribution < -0.4 is 19.5 Å². The van der Waals surface area contributed by atoms with Crippen LogP contribution in [-0.2, 0) is 23.0 Å². The molecule has 1 aliphatic rings. The van der Waals surface area contributed by atoms with Gasteiger partial charge in [0.15, 0.2) is 0 Å². The van der Waals surface area contributed by atoms with Crippen LogP contribution in [0.5, 0.6) is 11.5 Å². The van der Waals surface area contributed by atoms with Crippen LogP contribution in [0, 0.1) is 0 Å². The summed E-state index contributed by atoms with van der Waals surface area (Å²) in [7, 11) is -4.43. The number of fused-ring (bicyclic) bond motifs is 1. The Morgan fingerprint density at radius 2 is 2.00 bits per heavy atom. The van der Waals surface area contributed by atoms with Crippen molar-refractivity contribution in [2.75, 3.05) is 13.2 Å². The molecule has 1 amide bonds. The number of amides is 1. The zero-order valence-electron chi connectivity index (χ0n) is 17.5. The van der Waals surface area contributed by atoms with Crippen molar-refractivity contribution in [1.82, 2.24) is 10.0 Å². The second-order valence-electron chi connectivity index (χ2n) is 7.28. The molecule has 174 valence electrons. The zero-order valence-corrected chi connectivity index (χ0v) is 18.3. The van der Waals surface area contributed by atoms with E-state index in [-0.39, 0.29) is 18.2 Å². The lowest BCUT2D eigenvalue weighted by molar-refractivity contribution is -0.121. The summed E-state index contributed by atoms with van der Waals surface area (Å²) in [6.07, 6.45) is -3.90. The van der Waals surface area contributed by atoms with E-state index >= 15 is 0 Å². The van der Waals surface area contributed by atoms with Crippen molar-refractivity contribution in [3.8, 4) is 11.5 Å². The molecule has 11 heteroatoms. The minimum atomic E-state index is -4.70. The van der Waals surface area contributed by atoms with Gasteiger partial charge in [0.25, 0.3) is 5.91 Å². The van der Waals surface area contributed by atoms with Gasteiger partial charge in [0.05, 0.1) is 11.5 Å². The van der Waals surface area contributed by atoms with Gasteiger partial charge in [0.2, 0.25) is 10.0 Å². The Kier molecular flexibility index (Phi) is 6.99. The summed E-state index contributed by atoms with van der Waals surface area (Å²) in [6, 6.07) is 8.46. The number of sulfonamides is 1. The van der Waals surface area contributed by atoms with E-state index in [2.05, 4.69) is 5.32 Å². The number of nitrogens with one attached hydrogen (secondary N) is 2. The van der Waals surface area contributed by atoms with Crippen LogP contribution in [0.1, 0.15) is 35.3 Å². The maximum Gasteiger partial charge on any atom is 0.402 e. The minimum Gasteiger partial charge on any atom is -0.494 e. The summed E-state index contributed by atoms with van der Waals surface area (Å²) in [4.78, 5) is 12.2. The van der Waals surface area contributed by atoms with Gasteiger partial charge in [-0.05, 0) is 44.2 Å². The Labute approximate surface area is 184 Å². The molecule has 1 aliphatic heterocycles. The lowest BCUT2D eigenvalue weighted by Crippen LogP contribution is -2.34. The molecule has 2 aromatic rings. The highest BCUT2D eigenvalue weighted by atomic mass is 32.2. The quantitative estimate of drug-likeness (QED) is 0.616. The van der Waals surface area contributed by atoms with Gasteiger partial charge in [0, 0.05) is 29.7 Å². The third kappa shape index (κ3) is 5.92. The molecule has 1 unspecified atom stereocenters. The molecule has 0 spiro atoms. The van der Waals surface area contributed by atoms with Crippen LogP contribution in [0.3, 0.4) is 0 Å². The highest BCUT2D eigenvalue weighted by Crippen LogP contribution is 2.35. The lowest BCUT2D eigenvalue weighted by atomic mass is 10.1. The Balaban J connectivity index is 1.74. The highest BCUT2D eigenvalue weighted by Gasteiger charge is 2.30. The molecule has 0 bridgehead atoms. The summed E-state index contributed by atoms with van der Waals surface area (Å²) in [5, 5.41) is 2.68. The van der Waals surface area contributed by atoms with E-state index in [1.807, 2.05) is 19.9 Å². The van der Waals surface area contributed by atoms with Crippen molar-refractivity contribution in [3.63, 3.8) is 0 Å². The van der Waals surface area contributed by atoms with Crippen molar-refractivity contribution in [2.24, 2.45) is 0 Å². The van der Waals surface area contributed by atoms with Crippen LogP contribution in [0.4, 0.5) is 13.2 Å². The summed E-state index contributed by atoms with van der Waals surface area (Å²) in [6.45, 7) is 2.61. The van der Waals surface area contributed by atoms with Crippen molar-refractivity contribution in [1.29, 1.82) is 0 Å². The van der Waals surface area contributed by atoms with Crippen molar-refractivity contribution in [2.45, 2.75) is 44.0 Å². The van der Waals surface area contributed by atoms with E-state index in [9.17, 15) is 26.4 Å². The Bertz CT molecular complexity index is 1100. The fourth-order valence-electron chi connectivity index (χ4n) is 3.25. The molecule has 0 aromatic heterocycles. The Morgan fingerprint density at radius 3 is 2.69 bits per heavy atom. The Hall–Kier alpha value is -2.79. The third-order valence-electron chi connectivity index (χ3n) is 4.69. The maximum absolute atomic E-state index is 12.6. The molecule has 32 heavy (non-hydrogen) atoms. The summed E-state index contributed by atoms with van der Waals surface area (Å²) >= 11 is 0. The number of rotatable bonds is 8. The van der Waals surface area contributed by atoms with Crippen LogP contribution in [0.2, 0.25) is 0 Å². The van der Waals surface area contributed by atoms with Gasteiger partial charge in [-0.25, -0.2) is 13.1 Å². The zero-order chi connectivity index (χ0) is 23.5. The van der Waals surface area contributed by atoms with Crippen LogP contribution in [0.25, 0.3) is 0 Å². The predicted octanol–water partition coefficient (Wildman–Crippen LogP) is 3.18. The van der Waals surface area contributed by atoms with Gasteiger partial charge < -0.3 is 14.8 Å². The fourth-order valence-corrected chi connectivity index (χ4v) is 4.31. The molecule has 0 saturated heterocycles. The van der Waals surface area contributed by atoms with Gasteiger partial charge in [-0.15, -0.1) is 0 Å². The summed E-state index contributed by atoms with van der Waals surface area (Å²) in [5.41, 5.74) is 1.69. The molecule has 0 saturated carbocycles. The van der Waals surface area contributed by atoms with Crippen molar-refractivity contribution >= 4 is 15.9 Å². The van der Waals surface area contributed by atoms with Gasteiger partial charge in [-0.2, -0.15) is 13.2 Å². The molecule has 0 aliphatic carbocycles. The standard InChI is InChI=1S/C21H23F3N2O5S/c1-3-30-18-9-15-7-13(2)31-19(15)10-16(18)11-25-20(27)14-5-4-6-17(8-14)32(28,29)26-12-21(22,23)24/h4-6,8-10,13,26H,3,7,11-12H2,1-2H3,(H,25,27). The normalized spacial score (nSPS) is 15.7. The Morgan fingerprint density at radius 1 is 1.25 bits per heavy atom. The van der Waals surface area contributed by atoms with Crippen molar-refractivity contribution in [3.05, 3.63) is 53.1 Å². The highest BCUT2D eigenvalue weighted by molar-refractivity contribution is 7.89. The number of carbonyl (C=O) groups is 1. The average Bonchev–Trinajstić information content (AvgIpc) is 3.09. The molecule has 2 aromatic carbocycles. The maximum atomic E-state index is 12.6. The van der Waals surface area contributed by atoms with E-state index < -0.39 is 33.5 Å². The van der Waals surface area contributed by atoms with Crippen LogP contribution >= 0.6 is 0 Å². The second-order valence-corrected chi connectivity index (χ2v) is 9.05. The number of hydrogen-bond donors (Lipinski definition) is 2. The molecule has 1 heterocycles. The van der Waals surface area contributed by atoms with Gasteiger partial charge >= 0.3 is 6.18 Å². The smallest absolute Gasteiger partial charge is 0.402 e. The first kappa shape index (κ1) is 23.9. The number of alkyl halides is 3. The molecular formula is C21H23F3N2O5S. The number of carbonyl (C=O) groups excluding carboxylic acids is 1. The third-order valence-corrected chi connectivity index (χ3v) is 6.09. The molecule has 2 N–H and O–H groups in total. The minimum absolute atomic E-state index is 0.0103. The van der Waals surface area contributed by atoms with E-state index in [4.69, 9.17) is 9.47 Å². The fraction of sp³-hybridized carbons (Fsp3) is 0.381. The number of benzene rings is 2. The van der Waals surface area contributed by atoms with Crippen LogP contribution in [0.15, 0.2) is 41.3 Å². The van der Waals surface area contributed by atoms with E-state index in [1.165, 1.54) is 16.9 Å². The van der Waals surface area contributed by atoms with E-state index in [0.29, 0.717) is 23.7 Å². The molecule has 0 fully saturated rings. The number of ether oxygens (including phenoxy) is 2. The molecule has 1 atom stereocenters. The van der Waals surface area contributed by atoms with Crippen LogP contribution in [-0.4, -0.2) is 39.8 Å². The second kappa shape index (κ2) is 9.37. The largest absolute Gasteiger partial charge is 0.494 e. The van der Waals surface area contributed by atoms with Gasteiger partial charge in [0.1, 0.15) is 24.1 Å². The monoisotopic (exact) mass is 472 g/mol. The topological polar surface area (TPSA) is 93.7 Å². The van der Waals surface area contributed by atoms with Gasteiger partial charge in [-0.1, -0.05) is 6.07 Å². The summed E-state index contributed by atoms with van der Waals surface area (Å²) < 4.78 is 74.2. The first-order chi connectivity index (χ1) is 15.0. The molecular weight excluding hydrogens is 449 g/mol. The predicted molar refractivity (Wildman–Crippen MR) is 110 cm³/mol. The number of halogens is 3. The average molecular weight is 472 g/mol. The van der Waals surface area contributed by atoms with Crippen molar-refractivity contribution < 1.29 is 35.9 Å². The first-order valence-corrected chi connectivity index (χ1v) is 11.4. The van der Waals surface area contributed by atoms with Gasteiger partial charge in [-0.3, -0.25) is 4.79 Å². The number of hydrogen-bond acceptors (Lipinski definition) is 5. The molecule has 7 nitrogen and oxygen atoms in total. The first-order valence-electron chi connectivity index (χ1n) is 9.88. The summed E-state index contributed by atoms with van der Waals surface area (Å²) in [5.74, 6) is 0.737.